The molecule has 49 heavy (non-hydrogen) atoms. The maximum atomic E-state index is 6.15. The van der Waals surface area contributed by atoms with Crippen LogP contribution in [0, 0.1) is 0 Å². The normalized spacial score (nSPS) is 13.2. The van der Waals surface area contributed by atoms with Gasteiger partial charge in [-0.15, -0.1) is 0 Å². The summed E-state index contributed by atoms with van der Waals surface area (Å²) in [4.78, 5) is 2.43. The number of aromatic nitrogens is 1. The Morgan fingerprint density at radius 1 is 0.531 bits per heavy atom. The van der Waals surface area contributed by atoms with E-state index in [1.54, 1.807) is 0 Å². The van der Waals surface area contributed by atoms with E-state index >= 15 is 0 Å². The summed E-state index contributed by atoms with van der Waals surface area (Å²) in [5.74, 6) is 0. The highest BCUT2D eigenvalue weighted by molar-refractivity contribution is 6.19. The van der Waals surface area contributed by atoms with E-state index in [9.17, 15) is 0 Å². The van der Waals surface area contributed by atoms with Crippen molar-refractivity contribution in [1.29, 1.82) is 0 Å². The van der Waals surface area contributed by atoms with Crippen molar-refractivity contribution in [2.45, 2.75) is 12.8 Å². The number of furan rings is 1. The average molecular weight is 629 g/mol. The molecule has 0 amide bonds. The molecular weight excluding hydrogens is 597 g/mol. The SMILES string of the molecule is C1=CCCC(N(c2ccc(-c3ccc4c(ccc5oc6ccccc6c54)c3)cc2)c2ccc3c(c2)c2ccccc2n3-c2ccccc2)=C1. The van der Waals surface area contributed by atoms with Crippen LogP contribution in [0.5, 0.6) is 0 Å². The van der Waals surface area contributed by atoms with Crippen molar-refractivity contribution in [3.05, 3.63) is 176 Å². The Morgan fingerprint density at radius 2 is 1.29 bits per heavy atom. The minimum Gasteiger partial charge on any atom is -0.456 e. The summed E-state index contributed by atoms with van der Waals surface area (Å²) in [5, 5.41) is 7.29. The first kappa shape index (κ1) is 27.8. The Labute approximate surface area is 284 Å². The molecule has 0 aliphatic heterocycles. The molecule has 232 valence electrons. The standard InChI is InChI=1S/C46H32N2O/c1-3-11-34(12-4-1)47(37-25-27-43-41(30-37)39-15-7-9-17-42(39)48(43)35-13-5-2-6-14-35)36-23-19-31(20-24-36)32-21-26-38-33(29-32)22-28-45-46(38)40-16-8-10-18-44(40)49-45/h1-3,5-11,13-30H,4,12H2. The van der Waals surface area contributed by atoms with Gasteiger partial charge in [0.05, 0.1) is 11.0 Å². The summed E-state index contributed by atoms with van der Waals surface area (Å²) in [6.07, 6.45) is 8.73. The van der Waals surface area contributed by atoms with Gasteiger partial charge in [0.25, 0.3) is 0 Å². The second kappa shape index (κ2) is 11.1. The van der Waals surface area contributed by atoms with Crippen molar-refractivity contribution in [3.63, 3.8) is 0 Å². The van der Waals surface area contributed by atoms with E-state index in [4.69, 9.17) is 4.42 Å². The van der Waals surface area contributed by atoms with Crippen LogP contribution in [0.25, 0.3) is 71.3 Å². The van der Waals surface area contributed by atoms with E-state index in [1.807, 2.05) is 12.1 Å². The molecule has 10 rings (SSSR count). The average Bonchev–Trinajstić information content (AvgIpc) is 3.72. The maximum Gasteiger partial charge on any atom is 0.136 e. The lowest BCUT2D eigenvalue weighted by molar-refractivity contribution is 0.669. The Morgan fingerprint density at radius 3 is 2.14 bits per heavy atom. The van der Waals surface area contributed by atoms with Crippen LogP contribution in [0.1, 0.15) is 12.8 Å². The number of hydrogen-bond donors (Lipinski definition) is 0. The zero-order chi connectivity index (χ0) is 32.3. The van der Waals surface area contributed by atoms with Crippen LogP contribution in [-0.2, 0) is 0 Å². The molecule has 0 atom stereocenters. The van der Waals surface area contributed by atoms with Crippen LogP contribution < -0.4 is 4.90 Å². The summed E-state index contributed by atoms with van der Waals surface area (Å²) in [7, 11) is 0. The smallest absolute Gasteiger partial charge is 0.136 e. The van der Waals surface area contributed by atoms with Crippen molar-refractivity contribution in [1.82, 2.24) is 4.57 Å². The lowest BCUT2D eigenvalue weighted by Gasteiger charge is -2.29. The molecule has 0 saturated heterocycles. The Kier molecular flexibility index (Phi) is 6.31. The fourth-order valence-corrected chi connectivity index (χ4v) is 7.75. The molecule has 0 spiro atoms. The van der Waals surface area contributed by atoms with Gasteiger partial charge in [-0.25, -0.2) is 0 Å². The molecule has 2 heterocycles. The minimum absolute atomic E-state index is 0.930. The molecule has 3 heteroatoms. The molecule has 1 aliphatic rings. The van der Waals surface area contributed by atoms with Crippen LogP contribution in [0.3, 0.4) is 0 Å². The maximum absolute atomic E-state index is 6.15. The minimum atomic E-state index is 0.930. The molecule has 0 fully saturated rings. The van der Waals surface area contributed by atoms with Crippen LogP contribution in [0.4, 0.5) is 11.4 Å². The molecule has 2 aromatic heterocycles. The number of nitrogens with zero attached hydrogens (tertiary/aromatic N) is 2. The number of allylic oxidation sites excluding steroid dienone is 4. The molecule has 1 aliphatic carbocycles. The van der Waals surface area contributed by atoms with E-state index in [1.165, 1.54) is 66.2 Å². The number of hydrogen-bond acceptors (Lipinski definition) is 2. The Balaban J connectivity index is 1.07. The molecule has 0 N–H and O–H groups in total. The highest BCUT2D eigenvalue weighted by Gasteiger charge is 2.19. The second-order valence-corrected chi connectivity index (χ2v) is 12.9. The second-order valence-electron chi connectivity index (χ2n) is 12.9. The van der Waals surface area contributed by atoms with Gasteiger partial charge in [-0.3, -0.25) is 0 Å². The van der Waals surface area contributed by atoms with Gasteiger partial charge >= 0.3 is 0 Å². The van der Waals surface area contributed by atoms with Crippen LogP contribution in [0.2, 0.25) is 0 Å². The first-order valence-electron chi connectivity index (χ1n) is 17.0. The summed E-state index contributed by atoms with van der Waals surface area (Å²) >= 11 is 0. The molecule has 0 bridgehead atoms. The zero-order valence-corrected chi connectivity index (χ0v) is 26.9. The number of benzene rings is 7. The molecule has 0 unspecified atom stereocenters. The van der Waals surface area contributed by atoms with Crippen LogP contribution >= 0.6 is 0 Å². The van der Waals surface area contributed by atoms with Crippen molar-refractivity contribution < 1.29 is 4.42 Å². The highest BCUT2D eigenvalue weighted by Crippen LogP contribution is 2.40. The molecule has 9 aromatic rings. The zero-order valence-electron chi connectivity index (χ0n) is 26.9. The van der Waals surface area contributed by atoms with E-state index in [-0.39, 0.29) is 0 Å². The lowest BCUT2D eigenvalue weighted by Crippen LogP contribution is -2.17. The van der Waals surface area contributed by atoms with Gasteiger partial charge < -0.3 is 13.9 Å². The van der Waals surface area contributed by atoms with Gasteiger partial charge in [-0.2, -0.15) is 0 Å². The fourth-order valence-electron chi connectivity index (χ4n) is 7.75. The predicted octanol–water partition coefficient (Wildman–Crippen LogP) is 12.9. The van der Waals surface area contributed by atoms with E-state index in [0.717, 1.165) is 35.1 Å². The number of rotatable bonds is 5. The third-order valence-corrected chi connectivity index (χ3v) is 10.0. The van der Waals surface area contributed by atoms with Gasteiger partial charge in [-0.05, 0) is 108 Å². The lowest BCUT2D eigenvalue weighted by atomic mass is 9.98. The third-order valence-electron chi connectivity index (χ3n) is 10.0. The highest BCUT2D eigenvalue weighted by atomic mass is 16.3. The molecule has 3 nitrogen and oxygen atoms in total. The number of fused-ring (bicyclic) bond motifs is 8. The van der Waals surface area contributed by atoms with Crippen molar-refractivity contribution >= 4 is 65.9 Å². The fraction of sp³-hybridized carbons (Fsp3) is 0.0435. The molecule has 0 saturated carbocycles. The van der Waals surface area contributed by atoms with E-state index < -0.39 is 0 Å². The summed E-state index contributed by atoms with van der Waals surface area (Å²) in [6.45, 7) is 0. The quantitative estimate of drug-likeness (QED) is 0.189. The first-order chi connectivity index (χ1) is 24.3. The van der Waals surface area contributed by atoms with Crippen LogP contribution in [0.15, 0.2) is 180 Å². The van der Waals surface area contributed by atoms with Crippen molar-refractivity contribution in [2.24, 2.45) is 0 Å². The van der Waals surface area contributed by atoms with Gasteiger partial charge in [0.15, 0.2) is 0 Å². The number of anilines is 2. The predicted molar refractivity (Wildman–Crippen MR) is 206 cm³/mol. The third kappa shape index (κ3) is 4.51. The van der Waals surface area contributed by atoms with E-state index in [0.29, 0.717) is 0 Å². The molecular formula is C46H32N2O. The van der Waals surface area contributed by atoms with E-state index in [2.05, 4.69) is 167 Å². The summed E-state index contributed by atoms with van der Waals surface area (Å²) in [5.41, 5.74) is 11.5. The van der Waals surface area contributed by atoms with Gasteiger partial charge in [0, 0.05) is 44.3 Å². The molecule has 0 radical (unpaired) electrons. The van der Waals surface area contributed by atoms with Crippen molar-refractivity contribution in [3.8, 4) is 16.8 Å². The summed E-state index contributed by atoms with van der Waals surface area (Å²) < 4.78 is 8.52. The van der Waals surface area contributed by atoms with Gasteiger partial charge in [-0.1, -0.05) is 97.1 Å². The molecule has 7 aromatic carbocycles. The Bertz CT molecular complexity index is 2760. The van der Waals surface area contributed by atoms with Gasteiger partial charge in [0.2, 0.25) is 0 Å². The Hall–Kier alpha value is -6.32. The van der Waals surface area contributed by atoms with Crippen LogP contribution in [-0.4, -0.2) is 4.57 Å². The van der Waals surface area contributed by atoms with Crippen molar-refractivity contribution in [2.75, 3.05) is 4.90 Å². The first-order valence-corrected chi connectivity index (χ1v) is 17.0. The largest absolute Gasteiger partial charge is 0.456 e. The topological polar surface area (TPSA) is 21.3 Å². The van der Waals surface area contributed by atoms with Gasteiger partial charge in [0.1, 0.15) is 11.2 Å². The number of para-hydroxylation sites is 3. The summed E-state index contributed by atoms with van der Waals surface area (Å²) in [6, 6.07) is 54.7. The monoisotopic (exact) mass is 628 g/mol.